The second kappa shape index (κ2) is 10.5. The molecule has 2 aliphatic heterocycles. The van der Waals surface area contributed by atoms with E-state index < -0.39 is 0 Å². The van der Waals surface area contributed by atoms with Crippen molar-refractivity contribution < 1.29 is 14.4 Å². The Hall–Kier alpha value is -3.39. The Kier molecular flexibility index (Phi) is 7.24. The highest BCUT2D eigenvalue weighted by atomic mass is 16.2. The molecule has 2 aliphatic rings. The number of hydrogen-bond acceptors (Lipinski definition) is 4. The Morgan fingerprint density at radius 2 is 1.61 bits per heavy atom. The van der Waals surface area contributed by atoms with Crippen molar-refractivity contribution in [3.8, 4) is 0 Å². The molecule has 0 radical (unpaired) electrons. The SMILES string of the molecule is CN1CCN(C(=O)c2ccccc2NC(=O)NCc2ccccc2CN2CCCC2=O)CC1. The number of anilines is 1. The number of piperazine rings is 1. The van der Waals surface area contributed by atoms with Gasteiger partial charge < -0.3 is 25.3 Å². The van der Waals surface area contributed by atoms with Gasteiger partial charge in [0.1, 0.15) is 0 Å². The summed E-state index contributed by atoms with van der Waals surface area (Å²) in [5.41, 5.74) is 2.98. The minimum absolute atomic E-state index is 0.0698. The molecule has 174 valence electrons. The molecule has 0 spiro atoms. The van der Waals surface area contributed by atoms with E-state index in [2.05, 4.69) is 15.5 Å². The van der Waals surface area contributed by atoms with E-state index in [0.717, 1.165) is 37.2 Å². The van der Waals surface area contributed by atoms with Crippen LogP contribution in [0.4, 0.5) is 10.5 Å². The fourth-order valence-electron chi connectivity index (χ4n) is 4.26. The molecule has 0 bridgehead atoms. The van der Waals surface area contributed by atoms with Crippen LogP contribution in [0.3, 0.4) is 0 Å². The zero-order valence-electron chi connectivity index (χ0n) is 19.0. The van der Waals surface area contributed by atoms with Crippen molar-refractivity contribution in [3.05, 3.63) is 65.2 Å². The lowest BCUT2D eigenvalue weighted by Crippen LogP contribution is -2.47. The van der Waals surface area contributed by atoms with Crippen molar-refractivity contribution in [3.63, 3.8) is 0 Å². The quantitative estimate of drug-likeness (QED) is 0.710. The van der Waals surface area contributed by atoms with Crippen LogP contribution in [0.2, 0.25) is 0 Å². The third kappa shape index (κ3) is 5.70. The van der Waals surface area contributed by atoms with Crippen LogP contribution in [0.5, 0.6) is 0 Å². The zero-order chi connectivity index (χ0) is 23.2. The Bertz CT molecular complexity index is 1020. The second-order valence-electron chi connectivity index (χ2n) is 8.64. The molecule has 2 N–H and O–H groups in total. The first kappa shape index (κ1) is 22.8. The van der Waals surface area contributed by atoms with Gasteiger partial charge in [0.05, 0.1) is 11.3 Å². The number of para-hydroxylation sites is 1. The highest BCUT2D eigenvalue weighted by Gasteiger charge is 2.23. The summed E-state index contributed by atoms with van der Waals surface area (Å²) >= 11 is 0. The molecule has 0 unspecified atom stereocenters. The summed E-state index contributed by atoms with van der Waals surface area (Å²) in [6.07, 6.45) is 1.50. The van der Waals surface area contributed by atoms with Gasteiger partial charge in [-0.15, -0.1) is 0 Å². The van der Waals surface area contributed by atoms with Crippen LogP contribution in [0, 0.1) is 0 Å². The maximum atomic E-state index is 13.0. The molecule has 8 nitrogen and oxygen atoms in total. The molecule has 2 aromatic rings. The van der Waals surface area contributed by atoms with E-state index in [0.29, 0.717) is 43.9 Å². The van der Waals surface area contributed by atoms with Crippen molar-refractivity contribution in [1.29, 1.82) is 0 Å². The number of carbonyl (C=O) groups excluding carboxylic acids is 3. The lowest BCUT2D eigenvalue weighted by Gasteiger charge is -2.32. The van der Waals surface area contributed by atoms with E-state index in [4.69, 9.17) is 0 Å². The summed E-state index contributed by atoms with van der Waals surface area (Å²) in [4.78, 5) is 43.6. The van der Waals surface area contributed by atoms with E-state index in [1.807, 2.05) is 47.2 Å². The summed E-state index contributed by atoms with van der Waals surface area (Å²) < 4.78 is 0. The van der Waals surface area contributed by atoms with E-state index in [9.17, 15) is 14.4 Å². The van der Waals surface area contributed by atoms with E-state index >= 15 is 0 Å². The summed E-state index contributed by atoms with van der Waals surface area (Å²) in [6, 6.07) is 14.6. The number of urea groups is 1. The largest absolute Gasteiger partial charge is 0.338 e. The highest BCUT2D eigenvalue weighted by molar-refractivity contribution is 6.03. The molecule has 0 aliphatic carbocycles. The number of likely N-dealkylation sites (N-methyl/N-ethyl adjacent to an activating group) is 1. The molecule has 8 heteroatoms. The van der Waals surface area contributed by atoms with Gasteiger partial charge >= 0.3 is 6.03 Å². The van der Waals surface area contributed by atoms with Gasteiger partial charge in [-0.1, -0.05) is 36.4 Å². The van der Waals surface area contributed by atoms with Gasteiger partial charge in [-0.05, 0) is 36.7 Å². The summed E-state index contributed by atoms with van der Waals surface area (Å²) in [7, 11) is 2.04. The number of nitrogens with zero attached hydrogens (tertiary/aromatic N) is 3. The third-order valence-corrected chi connectivity index (χ3v) is 6.29. The summed E-state index contributed by atoms with van der Waals surface area (Å²) in [5.74, 6) is 0.108. The highest BCUT2D eigenvalue weighted by Crippen LogP contribution is 2.19. The molecule has 2 saturated heterocycles. The molecular weight excluding hydrogens is 418 g/mol. The first-order valence-corrected chi connectivity index (χ1v) is 11.5. The van der Waals surface area contributed by atoms with Gasteiger partial charge in [-0.25, -0.2) is 4.79 Å². The predicted octanol–water partition coefficient (Wildman–Crippen LogP) is 2.52. The molecule has 2 fully saturated rings. The van der Waals surface area contributed by atoms with Crippen LogP contribution in [-0.2, 0) is 17.9 Å². The van der Waals surface area contributed by atoms with Crippen LogP contribution < -0.4 is 10.6 Å². The molecule has 0 aromatic heterocycles. The normalized spacial score (nSPS) is 16.7. The minimum atomic E-state index is -0.374. The van der Waals surface area contributed by atoms with Gasteiger partial charge in [-0.2, -0.15) is 0 Å². The Morgan fingerprint density at radius 1 is 0.909 bits per heavy atom. The average molecular weight is 450 g/mol. The van der Waals surface area contributed by atoms with Gasteiger partial charge in [-0.3, -0.25) is 9.59 Å². The van der Waals surface area contributed by atoms with Gasteiger partial charge in [0.25, 0.3) is 5.91 Å². The van der Waals surface area contributed by atoms with E-state index in [1.54, 1.807) is 18.2 Å². The van der Waals surface area contributed by atoms with E-state index in [-0.39, 0.29) is 17.8 Å². The lowest BCUT2D eigenvalue weighted by molar-refractivity contribution is -0.128. The summed E-state index contributed by atoms with van der Waals surface area (Å²) in [5, 5.41) is 5.73. The predicted molar refractivity (Wildman–Crippen MR) is 127 cm³/mol. The van der Waals surface area contributed by atoms with E-state index in [1.165, 1.54) is 0 Å². The van der Waals surface area contributed by atoms with Crippen LogP contribution in [0.1, 0.15) is 34.3 Å². The van der Waals surface area contributed by atoms with Crippen molar-refractivity contribution >= 4 is 23.5 Å². The van der Waals surface area contributed by atoms with Crippen molar-refractivity contribution in [2.24, 2.45) is 0 Å². The molecule has 33 heavy (non-hydrogen) atoms. The molecule has 4 rings (SSSR count). The fourth-order valence-corrected chi connectivity index (χ4v) is 4.26. The van der Waals surface area contributed by atoms with Crippen LogP contribution >= 0.6 is 0 Å². The fraction of sp³-hybridized carbons (Fsp3) is 0.400. The molecule has 2 aromatic carbocycles. The van der Waals surface area contributed by atoms with Crippen molar-refractivity contribution in [2.75, 3.05) is 45.1 Å². The second-order valence-corrected chi connectivity index (χ2v) is 8.64. The Labute approximate surface area is 194 Å². The van der Waals surface area contributed by atoms with Crippen molar-refractivity contribution in [1.82, 2.24) is 20.0 Å². The summed E-state index contributed by atoms with van der Waals surface area (Å²) in [6.45, 7) is 4.69. The standard InChI is InChI=1S/C25H31N5O3/c1-28-13-15-29(16-14-28)24(32)21-9-4-5-10-22(21)27-25(33)26-17-19-7-2-3-8-20(19)18-30-12-6-11-23(30)31/h2-5,7-10H,6,11-18H2,1H3,(H2,26,27,33). The monoisotopic (exact) mass is 449 g/mol. The zero-order valence-corrected chi connectivity index (χ0v) is 19.0. The molecular formula is C25H31N5O3. The molecule has 4 amide bonds. The number of likely N-dealkylation sites (tertiary alicyclic amines) is 1. The molecule has 0 atom stereocenters. The van der Waals surface area contributed by atoms with Crippen molar-refractivity contribution in [2.45, 2.75) is 25.9 Å². The van der Waals surface area contributed by atoms with Gasteiger partial charge in [0, 0.05) is 52.2 Å². The minimum Gasteiger partial charge on any atom is -0.338 e. The third-order valence-electron chi connectivity index (χ3n) is 6.29. The number of amides is 4. The number of carbonyl (C=O) groups is 3. The Balaban J connectivity index is 1.37. The first-order valence-electron chi connectivity index (χ1n) is 11.5. The Morgan fingerprint density at radius 3 is 2.33 bits per heavy atom. The number of nitrogens with one attached hydrogen (secondary N) is 2. The number of benzene rings is 2. The smallest absolute Gasteiger partial charge is 0.319 e. The van der Waals surface area contributed by atoms with Crippen LogP contribution in [0.25, 0.3) is 0 Å². The molecule has 0 saturated carbocycles. The van der Waals surface area contributed by atoms with Crippen LogP contribution in [-0.4, -0.2) is 72.3 Å². The molecule has 2 heterocycles. The maximum absolute atomic E-state index is 13.0. The first-order chi connectivity index (χ1) is 16.0. The number of rotatable bonds is 6. The lowest BCUT2D eigenvalue weighted by atomic mass is 10.1. The average Bonchev–Trinajstić information content (AvgIpc) is 3.23. The topological polar surface area (TPSA) is 85.0 Å². The maximum Gasteiger partial charge on any atom is 0.319 e. The number of hydrogen-bond donors (Lipinski definition) is 2. The van der Waals surface area contributed by atoms with Crippen LogP contribution in [0.15, 0.2) is 48.5 Å². The van der Waals surface area contributed by atoms with Gasteiger partial charge in [0.2, 0.25) is 5.91 Å². The van der Waals surface area contributed by atoms with Gasteiger partial charge in [0.15, 0.2) is 0 Å².